The molecule has 1 aliphatic heterocycles. The van der Waals surface area contributed by atoms with E-state index >= 15 is 0 Å². The lowest BCUT2D eigenvalue weighted by molar-refractivity contribution is -0.387. The first-order chi connectivity index (χ1) is 15.4. The number of ketones is 1. The predicted molar refractivity (Wildman–Crippen MR) is 123 cm³/mol. The lowest BCUT2D eigenvalue weighted by Gasteiger charge is -2.41. The quantitative estimate of drug-likeness (QED) is 0.413. The molecule has 0 spiro atoms. The van der Waals surface area contributed by atoms with Crippen LogP contribution in [0.25, 0.3) is 0 Å². The van der Waals surface area contributed by atoms with E-state index in [1.54, 1.807) is 18.2 Å². The van der Waals surface area contributed by atoms with Gasteiger partial charge in [0.25, 0.3) is 15.7 Å². The van der Waals surface area contributed by atoms with Crippen molar-refractivity contribution in [2.75, 3.05) is 13.1 Å². The largest absolute Gasteiger partial charge is 0.330 e. The molecule has 1 aliphatic rings. The Morgan fingerprint density at radius 3 is 2.45 bits per heavy atom. The number of halogens is 2. The van der Waals surface area contributed by atoms with Crippen molar-refractivity contribution in [3.63, 3.8) is 0 Å². The van der Waals surface area contributed by atoms with Crippen LogP contribution in [0.15, 0.2) is 47.4 Å². The van der Waals surface area contributed by atoms with E-state index in [1.165, 1.54) is 30.9 Å². The first-order valence-corrected chi connectivity index (χ1v) is 12.1. The summed E-state index contributed by atoms with van der Waals surface area (Å²) in [6, 6.07) is 7.91. The Bertz CT molecular complexity index is 1220. The molecule has 0 bridgehead atoms. The topological polar surface area (TPSA) is 118 Å². The monoisotopic (exact) mass is 513 g/mol. The molecule has 9 nitrogen and oxygen atoms in total. The zero-order chi connectivity index (χ0) is 24.5. The van der Waals surface area contributed by atoms with Gasteiger partial charge in [0.05, 0.1) is 21.0 Å². The molecule has 2 aromatic rings. The number of Topliss-reactive ketones (excluding diaryl/α,β-unsaturated/α-hetero) is 1. The highest BCUT2D eigenvalue weighted by Gasteiger charge is 2.43. The Balaban J connectivity index is 1.88. The zero-order valence-electron chi connectivity index (χ0n) is 17.8. The van der Waals surface area contributed by atoms with Crippen molar-refractivity contribution < 1.29 is 22.9 Å². The van der Waals surface area contributed by atoms with Crippen LogP contribution in [0, 0.1) is 10.1 Å². The minimum absolute atomic E-state index is 0.0470. The van der Waals surface area contributed by atoms with Crippen LogP contribution in [0.1, 0.15) is 19.4 Å². The maximum absolute atomic E-state index is 13.2. The first-order valence-electron chi connectivity index (χ1n) is 9.95. The molecule has 3 rings (SSSR count). The predicted octanol–water partition coefficient (Wildman–Crippen LogP) is 3.32. The number of carbonyl (C=O) groups is 2. The zero-order valence-corrected chi connectivity index (χ0v) is 20.1. The fourth-order valence-corrected chi connectivity index (χ4v) is 5.89. The molecule has 0 radical (unpaired) electrons. The molecule has 176 valence electrons. The van der Waals surface area contributed by atoms with Crippen molar-refractivity contribution in [3.8, 4) is 0 Å². The molecular weight excluding hydrogens is 493 g/mol. The Morgan fingerprint density at radius 2 is 1.85 bits per heavy atom. The minimum atomic E-state index is -4.33. The summed E-state index contributed by atoms with van der Waals surface area (Å²) >= 11 is 12.0. The second-order valence-electron chi connectivity index (χ2n) is 7.63. The van der Waals surface area contributed by atoms with E-state index in [0.29, 0.717) is 15.6 Å². The van der Waals surface area contributed by atoms with E-state index in [0.717, 1.165) is 16.4 Å². The highest BCUT2D eigenvalue weighted by atomic mass is 35.5. The standard InChI is InChI=1S/C21H21Cl2N3O6S/c1-13-21(28)24(19(14(2)27)12-15-7-8-16(22)17(23)11-15)9-10-25(13)33(31,32)20-6-4-3-5-18(20)26(29)30/h3-8,11,13,19H,9-10,12H2,1-2H3/t13-,19-/m0/s1. The second-order valence-corrected chi connectivity index (χ2v) is 10.3. The molecule has 33 heavy (non-hydrogen) atoms. The number of rotatable bonds is 7. The van der Waals surface area contributed by atoms with Crippen molar-refractivity contribution >= 4 is 50.6 Å². The highest BCUT2D eigenvalue weighted by molar-refractivity contribution is 7.89. The third-order valence-electron chi connectivity index (χ3n) is 5.54. The number of nitrogens with zero attached hydrogens (tertiary/aromatic N) is 3. The van der Waals surface area contributed by atoms with Gasteiger partial charge in [-0.25, -0.2) is 8.42 Å². The number of nitro benzene ring substituents is 1. The van der Waals surface area contributed by atoms with Gasteiger partial charge in [0, 0.05) is 25.6 Å². The van der Waals surface area contributed by atoms with Gasteiger partial charge in [-0.15, -0.1) is 0 Å². The second kappa shape index (κ2) is 9.76. The van der Waals surface area contributed by atoms with Crippen LogP contribution in [0.5, 0.6) is 0 Å². The van der Waals surface area contributed by atoms with Crippen molar-refractivity contribution in [2.24, 2.45) is 0 Å². The summed E-state index contributed by atoms with van der Waals surface area (Å²) in [5, 5.41) is 12.0. The molecule has 0 unspecified atom stereocenters. The summed E-state index contributed by atoms with van der Waals surface area (Å²) in [4.78, 5) is 37.0. The molecule has 1 heterocycles. The van der Waals surface area contributed by atoms with Crippen LogP contribution in [0.2, 0.25) is 10.0 Å². The lowest BCUT2D eigenvalue weighted by atomic mass is 10.00. The van der Waals surface area contributed by atoms with Gasteiger partial charge in [-0.05, 0) is 37.6 Å². The highest BCUT2D eigenvalue weighted by Crippen LogP contribution is 2.30. The fraction of sp³-hybridized carbons (Fsp3) is 0.333. The minimum Gasteiger partial charge on any atom is -0.330 e. The summed E-state index contributed by atoms with van der Waals surface area (Å²) in [6.07, 6.45) is 0.182. The molecule has 0 N–H and O–H groups in total. The van der Waals surface area contributed by atoms with Gasteiger partial charge in [-0.1, -0.05) is 41.4 Å². The Hall–Kier alpha value is -2.53. The number of sulfonamides is 1. The van der Waals surface area contributed by atoms with E-state index < -0.39 is 43.5 Å². The van der Waals surface area contributed by atoms with Gasteiger partial charge in [0.15, 0.2) is 10.7 Å². The van der Waals surface area contributed by atoms with Crippen molar-refractivity contribution in [1.29, 1.82) is 0 Å². The van der Waals surface area contributed by atoms with Crippen LogP contribution >= 0.6 is 23.2 Å². The third kappa shape index (κ3) is 5.03. The van der Waals surface area contributed by atoms with Gasteiger partial charge in [-0.2, -0.15) is 4.31 Å². The molecule has 2 aromatic carbocycles. The number of hydrogen-bond acceptors (Lipinski definition) is 6. The number of para-hydroxylation sites is 1. The molecule has 1 saturated heterocycles. The van der Waals surface area contributed by atoms with E-state index in [-0.39, 0.29) is 25.3 Å². The third-order valence-corrected chi connectivity index (χ3v) is 8.30. The van der Waals surface area contributed by atoms with Crippen molar-refractivity contribution in [2.45, 2.75) is 37.2 Å². The Kier molecular flexibility index (Phi) is 7.42. The number of piperazine rings is 1. The normalized spacial score (nSPS) is 18.2. The molecule has 0 aliphatic carbocycles. The smallest absolute Gasteiger partial charge is 0.289 e. The van der Waals surface area contributed by atoms with Crippen LogP contribution in [-0.4, -0.2) is 59.4 Å². The Morgan fingerprint density at radius 1 is 1.18 bits per heavy atom. The average molecular weight is 514 g/mol. The van der Waals surface area contributed by atoms with E-state index in [4.69, 9.17) is 23.2 Å². The number of carbonyl (C=O) groups excluding carboxylic acids is 2. The van der Waals surface area contributed by atoms with Crippen LogP contribution in [0.3, 0.4) is 0 Å². The fourth-order valence-electron chi connectivity index (χ4n) is 3.83. The summed E-state index contributed by atoms with van der Waals surface area (Å²) in [5.41, 5.74) is 0.126. The SMILES string of the molecule is CC(=O)[C@H](Cc1ccc(Cl)c(Cl)c1)N1CCN(S(=O)(=O)c2ccccc2[N+](=O)[O-])[C@@H](C)C1=O. The first kappa shape index (κ1) is 25.1. The molecule has 1 fully saturated rings. The molecule has 12 heteroatoms. The molecular formula is C21H21Cl2N3O6S. The molecule has 1 amide bonds. The van der Waals surface area contributed by atoms with Gasteiger partial charge in [-0.3, -0.25) is 19.7 Å². The molecule has 2 atom stereocenters. The summed E-state index contributed by atoms with van der Waals surface area (Å²) in [6.45, 7) is 2.59. The van der Waals surface area contributed by atoms with Crippen LogP contribution < -0.4 is 0 Å². The van der Waals surface area contributed by atoms with E-state index in [2.05, 4.69) is 0 Å². The summed E-state index contributed by atoms with van der Waals surface area (Å²) in [7, 11) is -4.33. The van der Waals surface area contributed by atoms with Crippen molar-refractivity contribution in [1.82, 2.24) is 9.21 Å². The lowest BCUT2D eigenvalue weighted by Crippen LogP contribution is -2.61. The Labute approximate surface area is 201 Å². The van der Waals surface area contributed by atoms with Crippen LogP contribution in [0.4, 0.5) is 5.69 Å². The van der Waals surface area contributed by atoms with Crippen LogP contribution in [-0.2, 0) is 26.0 Å². The average Bonchev–Trinajstić information content (AvgIpc) is 2.76. The van der Waals surface area contributed by atoms with Gasteiger partial charge in [0.2, 0.25) is 5.91 Å². The maximum atomic E-state index is 13.2. The molecule has 0 saturated carbocycles. The summed E-state index contributed by atoms with van der Waals surface area (Å²) in [5.74, 6) is -0.833. The molecule has 0 aromatic heterocycles. The number of hydrogen-bond donors (Lipinski definition) is 0. The van der Waals surface area contributed by atoms with E-state index in [9.17, 15) is 28.1 Å². The van der Waals surface area contributed by atoms with E-state index in [1.807, 2.05) is 0 Å². The van der Waals surface area contributed by atoms with Gasteiger partial charge in [0.1, 0.15) is 6.04 Å². The summed E-state index contributed by atoms with van der Waals surface area (Å²) < 4.78 is 27.3. The number of amides is 1. The van der Waals surface area contributed by atoms with Gasteiger partial charge >= 0.3 is 0 Å². The van der Waals surface area contributed by atoms with Gasteiger partial charge < -0.3 is 4.90 Å². The van der Waals surface area contributed by atoms with Crippen molar-refractivity contribution in [3.05, 3.63) is 68.2 Å². The maximum Gasteiger partial charge on any atom is 0.289 e. The number of nitro groups is 1. The number of benzene rings is 2.